The lowest BCUT2D eigenvalue weighted by Crippen LogP contribution is -2.71. The van der Waals surface area contributed by atoms with Crippen LogP contribution in [0.3, 0.4) is 0 Å². The smallest absolute Gasteiger partial charge is 0.255 e. The Balaban J connectivity index is 2.00. The number of aryl methyl sites for hydroxylation is 1. The van der Waals surface area contributed by atoms with E-state index in [1.807, 2.05) is 25.1 Å². The summed E-state index contributed by atoms with van der Waals surface area (Å²) in [7, 11) is 6.89. The van der Waals surface area contributed by atoms with Gasteiger partial charge in [0.25, 0.3) is 5.91 Å². The summed E-state index contributed by atoms with van der Waals surface area (Å²) in [6.07, 6.45) is 1.56. The lowest BCUT2D eigenvalue weighted by Gasteiger charge is -2.57. The molecule has 0 aliphatic heterocycles. The molecule has 3 aliphatic rings. The summed E-state index contributed by atoms with van der Waals surface area (Å²) in [6, 6.07) is 0.743. The number of likely N-dealkylation sites (N-methyl/N-ethyl adjacent to an activating group) is 1. The topological polar surface area (TPSA) is 165 Å². The molecule has 0 bridgehead atoms. The number of hydrogen-bond donors (Lipinski definition) is 5. The van der Waals surface area contributed by atoms with Gasteiger partial charge in [0, 0.05) is 30.8 Å². The maximum absolute atomic E-state index is 14.2. The van der Waals surface area contributed by atoms with E-state index < -0.39 is 57.5 Å². The molecule has 1 aromatic carbocycles. The van der Waals surface area contributed by atoms with Gasteiger partial charge in [-0.3, -0.25) is 19.3 Å². The number of phenols is 1. The van der Waals surface area contributed by atoms with Crippen LogP contribution in [0.5, 0.6) is 5.75 Å². The number of Topliss-reactive ketones (excluding diaryl/α,β-unsaturated/α-hetero) is 2. The average Bonchev–Trinajstić information content (AvgIpc) is 2.79. The Morgan fingerprint density at radius 1 is 1.12 bits per heavy atom. The third-order valence-electron chi connectivity index (χ3n) is 8.95. The summed E-state index contributed by atoms with van der Waals surface area (Å²) >= 11 is 0. The number of fused-ring (bicyclic) bond motifs is 3. The van der Waals surface area contributed by atoms with Crippen LogP contribution in [0.15, 0.2) is 23.0 Å². The van der Waals surface area contributed by atoms with E-state index in [1.165, 1.54) is 11.8 Å². The Labute approximate surface area is 234 Å². The SMILES string of the molecule is CN(C)c1cc(CCC(C)(C)C)c(O)c2c1C[C@H]1C[C@@]3(C)[C@H](N(C)C)C(=O)C(C(N)=O)=C(O)[C@@]3(O)C(=O)C1=C2O. The summed E-state index contributed by atoms with van der Waals surface area (Å²) in [5.41, 5.74) is 2.33. The Kier molecular flexibility index (Phi) is 6.92. The number of hydrogen-bond acceptors (Lipinski definition) is 9. The van der Waals surface area contributed by atoms with Crippen LogP contribution in [0.1, 0.15) is 57.2 Å². The summed E-state index contributed by atoms with van der Waals surface area (Å²) in [5.74, 6) is -5.41. The van der Waals surface area contributed by atoms with Crippen molar-refractivity contribution in [3.63, 3.8) is 0 Å². The summed E-state index contributed by atoms with van der Waals surface area (Å²) in [4.78, 5) is 43.3. The number of benzene rings is 1. The van der Waals surface area contributed by atoms with Crippen molar-refractivity contribution in [2.24, 2.45) is 22.5 Å². The molecule has 4 rings (SSSR count). The van der Waals surface area contributed by atoms with Gasteiger partial charge in [-0.05, 0) is 68.3 Å². The molecule has 1 aromatic rings. The van der Waals surface area contributed by atoms with Crippen LogP contribution in [0, 0.1) is 16.7 Å². The molecule has 1 fully saturated rings. The number of anilines is 1. The molecule has 0 spiro atoms. The fraction of sp³-hybridized carbons (Fsp3) is 0.567. The number of nitrogens with zero attached hydrogens (tertiary/aromatic N) is 2. The lowest BCUT2D eigenvalue weighted by molar-refractivity contribution is -0.171. The Morgan fingerprint density at radius 3 is 2.23 bits per heavy atom. The number of ketones is 2. The fourth-order valence-corrected chi connectivity index (χ4v) is 7.02. The van der Waals surface area contributed by atoms with E-state index in [1.54, 1.807) is 14.1 Å². The zero-order valence-corrected chi connectivity index (χ0v) is 24.5. The van der Waals surface area contributed by atoms with Gasteiger partial charge in [0.05, 0.1) is 11.6 Å². The Bertz CT molecular complexity index is 1380. The van der Waals surface area contributed by atoms with E-state index in [4.69, 9.17) is 5.73 Å². The van der Waals surface area contributed by atoms with Gasteiger partial charge < -0.3 is 31.1 Å². The molecule has 10 nitrogen and oxygen atoms in total. The molecular formula is C30H41N3O7. The molecule has 0 saturated heterocycles. The quantitative estimate of drug-likeness (QED) is 0.343. The van der Waals surface area contributed by atoms with Crippen molar-refractivity contribution in [3.8, 4) is 5.75 Å². The Hall–Kier alpha value is -3.37. The largest absolute Gasteiger partial charge is 0.508 e. The van der Waals surface area contributed by atoms with Crippen LogP contribution in [-0.2, 0) is 27.2 Å². The molecule has 40 heavy (non-hydrogen) atoms. The first-order valence-electron chi connectivity index (χ1n) is 13.5. The molecule has 1 amide bonds. The molecule has 0 unspecified atom stereocenters. The third kappa shape index (κ3) is 4.03. The third-order valence-corrected chi connectivity index (χ3v) is 8.95. The minimum absolute atomic E-state index is 0.0112. The van der Waals surface area contributed by atoms with Gasteiger partial charge in [-0.25, -0.2) is 0 Å². The van der Waals surface area contributed by atoms with E-state index in [0.29, 0.717) is 17.5 Å². The average molecular weight is 556 g/mol. The predicted octanol–water partition coefficient (Wildman–Crippen LogP) is 2.40. The second-order valence-electron chi connectivity index (χ2n) is 13.4. The zero-order chi connectivity index (χ0) is 30.3. The highest BCUT2D eigenvalue weighted by Crippen LogP contribution is 2.59. The molecule has 0 heterocycles. The molecule has 6 N–H and O–H groups in total. The van der Waals surface area contributed by atoms with E-state index in [9.17, 15) is 34.8 Å². The number of amides is 1. The van der Waals surface area contributed by atoms with Crippen LogP contribution in [0.25, 0.3) is 5.76 Å². The van der Waals surface area contributed by atoms with Crippen LogP contribution >= 0.6 is 0 Å². The van der Waals surface area contributed by atoms with Gasteiger partial charge in [-0.2, -0.15) is 0 Å². The van der Waals surface area contributed by atoms with Gasteiger partial charge in [0.2, 0.25) is 5.78 Å². The van der Waals surface area contributed by atoms with E-state index >= 15 is 0 Å². The molecule has 0 aromatic heterocycles. The first-order chi connectivity index (χ1) is 18.3. The van der Waals surface area contributed by atoms with Gasteiger partial charge in [0.1, 0.15) is 22.8 Å². The second-order valence-corrected chi connectivity index (χ2v) is 13.4. The lowest BCUT2D eigenvalue weighted by atomic mass is 9.50. The highest BCUT2D eigenvalue weighted by atomic mass is 16.3. The summed E-state index contributed by atoms with van der Waals surface area (Å²) in [6.45, 7) is 7.81. The van der Waals surface area contributed by atoms with Crippen LogP contribution < -0.4 is 10.6 Å². The monoisotopic (exact) mass is 555 g/mol. The number of aromatic hydroxyl groups is 1. The molecular weight excluding hydrogens is 514 g/mol. The van der Waals surface area contributed by atoms with Gasteiger partial charge >= 0.3 is 0 Å². The number of nitrogens with two attached hydrogens (primary N) is 1. The van der Waals surface area contributed by atoms with E-state index in [0.717, 1.165) is 12.1 Å². The molecule has 218 valence electrons. The fourth-order valence-electron chi connectivity index (χ4n) is 7.02. The molecule has 0 radical (unpaired) electrons. The zero-order valence-electron chi connectivity index (χ0n) is 24.5. The van der Waals surface area contributed by atoms with Crippen LogP contribution in [-0.4, -0.2) is 82.6 Å². The van der Waals surface area contributed by atoms with Gasteiger partial charge in [0.15, 0.2) is 11.4 Å². The first-order valence-corrected chi connectivity index (χ1v) is 13.5. The van der Waals surface area contributed by atoms with Gasteiger partial charge in [-0.15, -0.1) is 0 Å². The number of aliphatic hydroxyl groups is 3. The van der Waals surface area contributed by atoms with Crippen molar-refractivity contribution in [2.45, 2.75) is 65.0 Å². The minimum Gasteiger partial charge on any atom is -0.508 e. The maximum Gasteiger partial charge on any atom is 0.255 e. The number of carbonyl (C=O) groups is 3. The number of aliphatic hydroxyl groups excluding tert-OH is 2. The van der Waals surface area contributed by atoms with E-state index in [-0.39, 0.29) is 35.1 Å². The molecule has 3 aliphatic carbocycles. The molecule has 4 atom stereocenters. The van der Waals surface area contributed by atoms with Gasteiger partial charge in [-0.1, -0.05) is 27.7 Å². The highest BCUT2D eigenvalue weighted by molar-refractivity contribution is 6.25. The van der Waals surface area contributed by atoms with E-state index in [2.05, 4.69) is 20.8 Å². The second kappa shape index (κ2) is 9.34. The number of rotatable bonds is 5. The number of primary amides is 1. The van der Waals surface area contributed by atoms with Crippen molar-refractivity contribution < 1.29 is 34.8 Å². The maximum atomic E-state index is 14.2. The highest BCUT2D eigenvalue weighted by Gasteiger charge is 2.70. The van der Waals surface area contributed by atoms with Crippen LogP contribution in [0.4, 0.5) is 5.69 Å². The summed E-state index contributed by atoms with van der Waals surface area (Å²) in [5, 5.41) is 46.2. The first kappa shape index (κ1) is 29.6. The normalized spacial score (nSPS) is 28.4. The minimum atomic E-state index is -2.71. The van der Waals surface area contributed by atoms with Crippen LogP contribution in [0.2, 0.25) is 0 Å². The predicted molar refractivity (Wildman–Crippen MR) is 151 cm³/mol. The molecule has 1 saturated carbocycles. The van der Waals surface area contributed by atoms with Crippen molar-refractivity contribution in [2.75, 3.05) is 33.1 Å². The standard InChI is InChI=1S/C30H41N3O7/c1-28(2,3)10-9-14-12-17(32(5)6)16-11-15-13-29(4)24(33(7)8)23(36)20(27(31)39)26(38)30(29,40)25(37)18(15)22(35)19(16)21(14)34/h12,15,24,34-35,38,40H,9-11,13H2,1-8H3,(H2,31,39)/t15-,24+,29-,30-/m0/s1. The Morgan fingerprint density at radius 2 is 1.73 bits per heavy atom. The van der Waals surface area contributed by atoms with Crippen molar-refractivity contribution in [1.82, 2.24) is 4.90 Å². The van der Waals surface area contributed by atoms with Crippen molar-refractivity contribution in [1.29, 1.82) is 0 Å². The summed E-state index contributed by atoms with van der Waals surface area (Å²) < 4.78 is 0. The van der Waals surface area contributed by atoms with Crippen molar-refractivity contribution in [3.05, 3.63) is 39.7 Å². The van der Waals surface area contributed by atoms with Crippen molar-refractivity contribution >= 4 is 28.9 Å². The number of phenolic OH excluding ortho intramolecular Hbond substituents is 1. The molecule has 10 heteroatoms. The number of carbonyl (C=O) groups excluding carboxylic acids is 3.